The quantitative estimate of drug-likeness (QED) is 0.613. The number of piperidine rings is 1. The van der Waals surface area contributed by atoms with Crippen molar-refractivity contribution in [2.75, 3.05) is 19.6 Å². The summed E-state index contributed by atoms with van der Waals surface area (Å²) in [5.41, 5.74) is 4.95. The van der Waals surface area contributed by atoms with Crippen LogP contribution in [-0.4, -0.2) is 46.3 Å². The molecule has 172 valence electrons. The molecule has 2 heterocycles. The largest absolute Gasteiger partial charge is 0.337 e. The first kappa shape index (κ1) is 21.8. The van der Waals surface area contributed by atoms with Crippen molar-refractivity contribution in [1.82, 2.24) is 20.0 Å². The van der Waals surface area contributed by atoms with Crippen LogP contribution in [0.5, 0.6) is 0 Å². The van der Waals surface area contributed by atoms with E-state index >= 15 is 0 Å². The Kier molecular flexibility index (Phi) is 6.53. The van der Waals surface area contributed by atoms with Gasteiger partial charge in [0.15, 0.2) is 0 Å². The maximum absolute atomic E-state index is 13.7. The van der Waals surface area contributed by atoms with Crippen LogP contribution in [0, 0.1) is 5.82 Å². The Balaban J connectivity index is 1.36. The number of nitrogens with one attached hydrogen (secondary N) is 1. The van der Waals surface area contributed by atoms with Crippen molar-refractivity contribution >= 4 is 5.91 Å². The molecule has 2 aliphatic rings. The van der Waals surface area contributed by atoms with E-state index in [0.717, 1.165) is 86.4 Å². The first-order chi connectivity index (χ1) is 16.2. The molecule has 6 heteroatoms. The van der Waals surface area contributed by atoms with Crippen molar-refractivity contribution in [1.29, 1.82) is 0 Å². The molecule has 33 heavy (non-hydrogen) atoms. The van der Waals surface area contributed by atoms with Crippen LogP contribution < -0.4 is 5.32 Å². The van der Waals surface area contributed by atoms with E-state index in [-0.39, 0.29) is 11.7 Å². The molecule has 5 rings (SSSR count). The van der Waals surface area contributed by atoms with Crippen LogP contribution in [0.15, 0.2) is 54.6 Å². The molecule has 0 spiro atoms. The van der Waals surface area contributed by atoms with Crippen LogP contribution in [0.2, 0.25) is 0 Å². The Labute approximate surface area is 194 Å². The molecule has 0 radical (unpaired) electrons. The second kappa shape index (κ2) is 9.87. The molecule has 0 bridgehead atoms. The van der Waals surface area contributed by atoms with E-state index in [1.165, 1.54) is 18.6 Å². The van der Waals surface area contributed by atoms with Gasteiger partial charge in [-0.05, 0) is 81.3 Å². The van der Waals surface area contributed by atoms with Gasteiger partial charge in [-0.3, -0.25) is 4.79 Å². The van der Waals surface area contributed by atoms with Crippen LogP contribution in [0.4, 0.5) is 4.39 Å². The molecule has 1 aromatic heterocycles. The van der Waals surface area contributed by atoms with Crippen LogP contribution in [0.25, 0.3) is 5.69 Å². The van der Waals surface area contributed by atoms with Crippen molar-refractivity contribution in [2.24, 2.45) is 0 Å². The number of hydrogen-bond donors (Lipinski definition) is 1. The van der Waals surface area contributed by atoms with E-state index < -0.39 is 0 Å². The van der Waals surface area contributed by atoms with Crippen molar-refractivity contribution in [2.45, 2.75) is 51.0 Å². The molecule has 1 atom stereocenters. The van der Waals surface area contributed by atoms with Gasteiger partial charge in [0.25, 0.3) is 5.91 Å². The minimum atomic E-state index is -0.201. The highest BCUT2D eigenvalue weighted by Gasteiger charge is 2.32. The Hall–Kier alpha value is -2.99. The molecule has 1 amide bonds. The van der Waals surface area contributed by atoms with E-state index in [1.54, 1.807) is 0 Å². The summed E-state index contributed by atoms with van der Waals surface area (Å²) in [6.07, 6.45) is 6.86. The number of nitrogens with zero attached hydrogens (tertiary/aromatic N) is 3. The Bertz CT molecular complexity index is 1090. The number of likely N-dealkylation sites (tertiary alicyclic amines) is 1. The molecular weight excluding hydrogens is 415 g/mol. The Morgan fingerprint density at radius 3 is 2.55 bits per heavy atom. The Morgan fingerprint density at radius 2 is 1.79 bits per heavy atom. The predicted molar refractivity (Wildman–Crippen MR) is 127 cm³/mol. The molecule has 1 N–H and O–H groups in total. The van der Waals surface area contributed by atoms with Gasteiger partial charge in [-0.25, -0.2) is 9.07 Å². The zero-order valence-corrected chi connectivity index (χ0v) is 19.0. The highest BCUT2D eigenvalue weighted by Crippen LogP contribution is 2.28. The van der Waals surface area contributed by atoms with Gasteiger partial charge < -0.3 is 10.2 Å². The fraction of sp³-hybridized carbons (Fsp3) is 0.407. The van der Waals surface area contributed by atoms with E-state index in [9.17, 15) is 9.18 Å². The molecule has 1 saturated heterocycles. The zero-order valence-electron chi connectivity index (χ0n) is 19.0. The van der Waals surface area contributed by atoms with Gasteiger partial charge in [0, 0.05) is 24.7 Å². The third-order valence-electron chi connectivity index (χ3n) is 6.85. The second-order valence-electron chi connectivity index (χ2n) is 9.14. The minimum absolute atomic E-state index is 0.110. The number of aryl methyl sites for hydroxylation is 1. The first-order valence-electron chi connectivity index (χ1n) is 12.1. The van der Waals surface area contributed by atoms with E-state index in [2.05, 4.69) is 5.32 Å². The number of carbonyl (C=O) groups excluding carboxylic acids is 1. The summed E-state index contributed by atoms with van der Waals surface area (Å²) in [5, 5.41) is 8.58. The smallest absolute Gasteiger partial charge is 0.272 e. The molecule has 3 aromatic rings. The highest BCUT2D eigenvalue weighted by molar-refractivity contribution is 5.95. The van der Waals surface area contributed by atoms with Gasteiger partial charge in [-0.2, -0.15) is 5.10 Å². The van der Waals surface area contributed by atoms with Crippen molar-refractivity contribution in [3.05, 3.63) is 82.9 Å². The lowest BCUT2D eigenvalue weighted by Gasteiger charge is -2.28. The third kappa shape index (κ3) is 4.86. The van der Waals surface area contributed by atoms with Crippen LogP contribution in [0.3, 0.4) is 0 Å². The number of fused-ring (bicyclic) bond motifs is 1. The summed E-state index contributed by atoms with van der Waals surface area (Å²) in [4.78, 5) is 15.7. The number of benzene rings is 2. The van der Waals surface area contributed by atoms with Gasteiger partial charge in [0.05, 0.1) is 11.4 Å². The number of para-hydroxylation sites is 1. The van der Waals surface area contributed by atoms with Gasteiger partial charge in [-0.1, -0.05) is 30.3 Å². The molecule has 1 aliphatic heterocycles. The van der Waals surface area contributed by atoms with E-state index in [0.29, 0.717) is 6.04 Å². The average molecular weight is 447 g/mol. The van der Waals surface area contributed by atoms with Crippen molar-refractivity contribution < 1.29 is 9.18 Å². The van der Waals surface area contributed by atoms with Gasteiger partial charge in [0.1, 0.15) is 11.5 Å². The maximum atomic E-state index is 13.7. The number of aromatic nitrogens is 2. The molecule has 2 aromatic carbocycles. The summed E-state index contributed by atoms with van der Waals surface area (Å²) < 4.78 is 15.0. The normalized spacial score (nSPS) is 18.2. The average Bonchev–Trinajstić information content (AvgIpc) is 3.25. The van der Waals surface area contributed by atoms with Crippen LogP contribution in [0.1, 0.15) is 53.0 Å². The molecule has 5 nitrogen and oxygen atoms in total. The molecule has 0 saturated carbocycles. The topological polar surface area (TPSA) is 50.2 Å². The fourth-order valence-corrected chi connectivity index (χ4v) is 5.04. The molecule has 1 aliphatic carbocycles. The third-order valence-corrected chi connectivity index (χ3v) is 6.85. The first-order valence-corrected chi connectivity index (χ1v) is 12.1. The standard InChI is InChI=1S/C27H31FN4O/c28-21-11-9-20(10-12-21)15-16-29-22-13-14-25-24(19-22)26(27(33)31-17-5-2-6-18-31)32(30-25)23-7-3-1-4-8-23/h1,3-4,7-12,22,29H,2,5-6,13-19H2. The fourth-order valence-electron chi connectivity index (χ4n) is 5.04. The second-order valence-corrected chi connectivity index (χ2v) is 9.14. The number of carbonyl (C=O) groups is 1. The van der Waals surface area contributed by atoms with Crippen molar-refractivity contribution in [3.63, 3.8) is 0 Å². The molecule has 1 fully saturated rings. The minimum Gasteiger partial charge on any atom is -0.337 e. The Morgan fingerprint density at radius 1 is 1.03 bits per heavy atom. The number of hydrogen-bond acceptors (Lipinski definition) is 3. The summed E-state index contributed by atoms with van der Waals surface area (Å²) in [6, 6.07) is 17.0. The van der Waals surface area contributed by atoms with E-state index in [1.807, 2.05) is 52.0 Å². The maximum Gasteiger partial charge on any atom is 0.272 e. The lowest BCUT2D eigenvalue weighted by molar-refractivity contribution is 0.0713. The molecule has 1 unspecified atom stereocenters. The summed E-state index contributed by atoms with van der Waals surface area (Å²) >= 11 is 0. The number of amides is 1. The van der Waals surface area contributed by atoms with Crippen LogP contribution in [-0.2, 0) is 19.3 Å². The monoisotopic (exact) mass is 446 g/mol. The van der Waals surface area contributed by atoms with E-state index in [4.69, 9.17) is 5.10 Å². The van der Waals surface area contributed by atoms with Gasteiger partial charge >= 0.3 is 0 Å². The van der Waals surface area contributed by atoms with Gasteiger partial charge in [-0.15, -0.1) is 0 Å². The van der Waals surface area contributed by atoms with Crippen LogP contribution >= 0.6 is 0 Å². The number of halogens is 1. The van der Waals surface area contributed by atoms with Gasteiger partial charge in [0.2, 0.25) is 0 Å². The highest BCUT2D eigenvalue weighted by atomic mass is 19.1. The SMILES string of the molecule is O=C(c1c2c(nn1-c1ccccc1)CCC(NCCc1ccc(F)cc1)C2)N1CCCCC1. The summed E-state index contributed by atoms with van der Waals surface area (Å²) in [5.74, 6) is -0.0906. The number of rotatable bonds is 6. The molecular formula is C27H31FN4O. The zero-order chi connectivity index (χ0) is 22.6. The summed E-state index contributed by atoms with van der Waals surface area (Å²) in [7, 11) is 0. The van der Waals surface area contributed by atoms with Crippen molar-refractivity contribution in [3.8, 4) is 5.69 Å². The summed E-state index contributed by atoms with van der Waals surface area (Å²) in [6.45, 7) is 2.48. The lowest BCUT2D eigenvalue weighted by Crippen LogP contribution is -2.39. The lowest BCUT2D eigenvalue weighted by atomic mass is 9.91. The predicted octanol–water partition coefficient (Wildman–Crippen LogP) is 4.33.